The Morgan fingerprint density at radius 1 is 1.33 bits per heavy atom. The molecular weight excluding hydrogens is 266 g/mol. The highest BCUT2D eigenvalue weighted by molar-refractivity contribution is 5.77. The van der Waals surface area contributed by atoms with E-state index in [1.54, 1.807) is 0 Å². The molecule has 1 aromatic heterocycles. The lowest BCUT2D eigenvalue weighted by molar-refractivity contribution is -0.120. The van der Waals surface area contributed by atoms with Crippen LogP contribution in [0.4, 0.5) is 5.82 Å². The normalized spacial score (nSPS) is 13.6. The van der Waals surface area contributed by atoms with Gasteiger partial charge in [0.05, 0.1) is 5.69 Å². The zero-order valence-corrected chi connectivity index (χ0v) is 12.6. The molecule has 0 spiro atoms. The molecule has 21 heavy (non-hydrogen) atoms. The van der Waals surface area contributed by atoms with E-state index in [9.17, 15) is 10.1 Å². The number of aryl methyl sites for hydroxylation is 1. The van der Waals surface area contributed by atoms with Crippen molar-refractivity contribution in [3.63, 3.8) is 0 Å². The monoisotopic (exact) mass is 287 g/mol. The fourth-order valence-electron chi connectivity index (χ4n) is 2.24. The van der Waals surface area contributed by atoms with E-state index in [4.69, 9.17) is 0 Å². The van der Waals surface area contributed by atoms with Crippen LogP contribution in [0.2, 0.25) is 0 Å². The summed E-state index contributed by atoms with van der Waals surface area (Å²) in [4.78, 5) is 11.6. The summed E-state index contributed by atoms with van der Waals surface area (Å²) in [5.41, 5.74) is 2.36. The molecule has 1 aliphatic carbocycles. The highest BCUT2D eigenvalue weighted by atomic mass is 16.1. The first kappa shape index (κ1) is 15.2. The number of hydrogen-bond acceptors (Lipinski definition) is 5. The van der Waals surface area contributed by atoms with E-state index >= 15 is 0 Å². The summed E-state index contributed by atoms with van der Waals surface area (Å²) < 4.78 is 0. The Labute approximate surface area is 125 Å². The van der Waals surface area contributed by atoms with Crippen LogP contribution in [-0.2, 0) is 17.6 Å². The molecule has 0 aliphatic heterocycles. The van der Waals surface area contributed by atoms with Crippen LogP contribution in [0, 0.1) is 11.3 Å². The minimum atomic E-state index is 0.0392. The molecule has 6 nitrogen and oxygen atoms in total. The molecule has 1 saturated carbocycles. The Kier molecular flexibility index (Phi) is 5.09. The lowest BCUT2D eigenvalue weighted by Gasteiger charge is -2.11. The topological polar surface area (TPSA) is 90.7 Å². The van der Waals surface area contributed by atoms with E-state index in [0.717, 1.165) is 36.9 Å². The van der Waals surface area contributed by atoms with Crippen molar-refractivity contribution >= 4 is 11.7 Å². The maximum atomic E-state index is 11.6. The summed E-state index contributed by atoms with van der Waals surface area (Å²) in [6, 6.07) is 2.58. The fourth-order valence-corrected chi connectivity index (χ4v) is 2.24. The van der Waals surface area contributed by atoms with E-state index in [2.05, 4.69) is 26.9 Å². The summed E-state index contributed by atoms with van der Waals surface area (Å²) in [6.45, 7) is 4.46. The van der Waals surface area contributed by atoms with Crippen molar-refractivity contribution in [3.05, 3.63) is 16.8 Å². The molecule has 0 radical (unpaired) electrons. The van der Waals surface area contributed by atoms with Gasteiger partial charge in [-0.25, -0.2) is 0 Å². The summed E-state index contributed by atoms with van der Waals surface area (Å²) >= 11 is 0. The number of aromatic nitrogens is 2. The Bertz CT molecular complexity index is 560. The molecule has 1 amide bonds. The quantitative estimate of drug-likeness (QED) is 0.794. The minimum absolute atomic E-state index is 0.0392. The van der Waals surface area contributed by atoms with Gasteiger partial charge in [-0.1, -0.05) is 13.8 Å². The Morgan fingerprint density at radius 2 is 2.10 bits per heavy atom. The van der Waals surface area contributed by atoms with Crippen LogP contribution in [0.5, 0.6) is 0 Å². The first-order valence-electron chi connectivity index (χ1n) is 7.51. The molecule has 1 aliphatic rings. The molecule has 1 aromatic rings. The maximum Gasteiger partial charge on any atom is 0.221 e. The summed E-state index contributed by atoms with van der Waals surface area (Å²) in [5.74, 6) is 0.517. The molecule has 0 bridgehead atoms. The van der Waals surface area contributed by atoms with E-state index in [0.29, 0.717) is 30.4 Å². The van der Waals surface area contributed by atoms with Crippen molar-refractivity contribution in [2.45, 2.75) is 52.0 Å². The average Bonchev–Trinajstić information content (AvgIpc) is 3.30. The molecule has 6 heteroatoms. The average molecular weight is 287 g/mol. The van der Waals surface area contributed by atoms with Gasteiger partial charge in [0.25, 0.3) is 0 Å². The highest BCUT2D eigenvalue weighted by Crippen LogP contribution is 2.20. The second-order valence-corrected chi connectivity index (χ2v) is 5.19. The van der Waals surface area contributed by atoms with Crippen LogP contribution in [0.15, 0.2) is 0 Å². The van der Waals surface area contributed by atoms with Gasteiger partial charge in [0.1, 0.15) is 11.6 Å². The van der Waals surface area contributed by atoms with Gasteiger partial charge < -0.3 is 10.6 Å². The molecular formula is C15H21N5O. The third-order valence-electron chi connectivity index (χ3n) is 3.54. The molecule has 0 aromatic carbocycles. The zero-order valence-electron chi connectivity index (χ0n) is 12.6. The summed E-state index contributed by atoms with van der Waals surface area (Å²) in [5, 5.41) is 23.6. The van der Waals surface area contributed by atoms with Crippen LogP contribution in [0.25, 0.3) is 0 Å². The van der Waals surface area contributed by atoms with Crippen LogP contribution >= 0.6 is 0 Å². The molecule has 112 valence electrons. The predicted octanol–water partition coefficient (Wildman–Crippen LogP) is 1.55. The largest absolute Gasteiger partial charge is 0.367 e. The number of anilines is 1. The highest BCUT2D eigenvalue weighted by Gasteiger charge is 2.22. The third-order valence-corrected chi connectivity index (χ3v) is 3.54. The van der Waals surface area contributed by atoms with Crippen LogP contribution in [0.3, 0.4) is 0 Å². The second-order valence-electron chi connectivity index (χ2n) is 5.19. The summed E-state index contributed by atoms with van der Waals surface area (Å²) in [7, 11) is 0. The number of amides is 1. The lowest BCUT2D eigenvalue weighted by atomic mass is 10.0. The smallest absolute Gasteiger partial charge is 0.221 e. The van der Waals surface area contributed by atoms with E-state index in [1.807, 2.05) is 13.8 Å². The van der Waals surface area contributed by atoms with Crippen LogP contribution in [-0.4, -0.2) is 28.7 Å². The van der Waals surface area contributed by atoms with Crippen molar-refractivity contribution < 1.29 is 4.79 Å². The van der Waals surface area contributed by atoms with Gasteiger partial charge in [-0.15, -0.1) is 5.10 Å². The number of carbonyl (C=O) groups is 1. The standard InChI is InChI=1S/C15H21N5O/c1-3-11-12(9-16)15(20-19-13(11)4-2)17-8-7-14(21)18-10-5-6-10/h10H,3-8H2,1-2H3,(H,17,20)(H,18,21). The minimum Gasteiger partial charge on any atom is -0.367 e. The molecule has 0 saturated heterocycles. The van der Waals surface area contributed by atoms with Gasteiger partial charge in [0, 0.05) is 19.0 Å². The number of nitrogens with one attached hydrogen (secondary N) is 2. The van der Waals surface area contributed by atoms with Gasteiger partial charge in [-0.05, 0) is 31.2 Å². The number of nitrogens with zero attached hydrogens (tertiary/aromatic N) is 3. The van der Waals surface area contributed by atoms with Crippen molar-refractivity contribution in [2.24, 2.45) is 0 Å². The van der Waals surface area contributed by atoms with Gasteiger partial charge in [0.15, 0.2) is 5.82 Å². The molecule has 2 rings (SSSR count). The van der Waals surface area contributed by atoms with Gasteiger partial charge >= 0.3 is 0 Å². The van der Waals surface area contributed by atoms with E-state index in [1.165, 1.54) is 0 Å². The first-order chi connectivity index (χ1) is 10.2. The lowest BCUT2D eigenvalue weighted by Crippen LogP contribution is -2.27. The molecule has 2 N–H and O–H groups in total. The van der Waals surface area contributed by atoms with Crippen molar-refractivity contribution in [1.82, 2.24) is 15.5 Å². The Morgan fingerprint density at radius 3 is 2.67 bits per heavy atom. The molecule has 1 fully saturated rings. The first-order valence-corrected chi connectivity index (χ1v) is 7.51. The van der Waals surface area contributed by atoms with Crippen molar-refractivity contribution in [3.8, 4) is 6.07 Å². The Balaban J connectivity index is 1.98. The maximum absolute atomic E-state index is 11.6. The number of rotatable bonds is 7. The third kappa shape index (κ3) is 3.91. The number of carbonyl (C=O) groups excluding carboxylic acids is 1. The van der Waals surface area contributed by atoms with E-state index in [-0.39, 0.29) is 5.91 Å². The second kappa shape index (κ2) is 7.02. The molecule has 0 unspecified atom stereocenters. The van der Waals surface area contributed by atoms with Gasteiger partial charge in [-0.3, -0.25) is 4.79 Å². The fraction of sp³-hybridized carbons (Fsp3) is 0.600. The Hall–Kier alpha value is -2.16. The van der Waals surface area contributed by atoms with Crippen LogP contribution < -0.4 is 10.6 Å². The van der Waals surface area contributed by atoms with Crippen molar-refractivity contribution in [2.75, 3.05) is 11.9 Å². The van der Waals surface area contributed by atoms with Gasteiger partial charge in [0.2, 0.25) is 5.91 Å². The number of nitriles is 1. The van der Waals surface area contributed by atoms with Crippen LogP contribution in [0.1, 0.15) is 49.9 Å². The summed E-state index contributed by atoms with van der Waals surface area (Å²) in [6.07, 6.45) is 4.05. The van der Waals surface area contributed by atoms with E-state index < -0.39 is 0 Å². The number of hydrogen-bond donors (Lipinski definition) is 2. The molecule has 1 heterocycles. The molecule has 0 atom stereocenters. The van der Waals surface area contributed by atoms with Gasteiger partial charge in [-0.2, -0.15) is 10.4 Å². The predicted molar refractivity (Wildman–Crippen MR) is 79.8 cm³/mol. The zero-order chi connectivity index (χ0) is 15.2. The van der Waals surface area contributed by atoms with Crippen molar-refractivity contribution in [1.29, 1.82) is 5.26 Å². The SMILES string of the molecule is CCc1nnc(NCCC(=O)NC2CC2)c(C#N)c1CC.